The molecule has 0 bridgehead atoms. The van der Waals surface area contributed by atoms with Gasteiger partial charge in [0.05, 0.1) is 18.2 Å². The standard InChI is InChI=1S/C17H17ClN2O5/c1-24-16(22)7-4-8-19-15(21)10-25-17(23)12-9-14(18)20-13-6-3-2-5-11(12)13/h2-3,5-6,9H,4,7-8,10H2,1H3,(H,19,21). The summed E-state index contributed by atoms with van der Waals surface area (Å²) in [4.78, 5) is 39.0. The number of esters is 2. The minimum Gasteiger partial charge on any atom is -0.469 e. The van der Waals surface area contributed by atoms with E-state index in [0.29, 0.717) is 17.3 Å². The zero-order chi connectivity index (χ0) is 18.2. The van der Waals surface area contributed by atoms with E-state index in [9.17, 15) is 14.4 Å². The number of carbonyl (C=O) groups is 3. The number of benzene rings is 1. The van der Waals surface area contributed by atoms with Gasteiger partial charge in [-0.25, -0.2) is 9.78 Å². The molecule has 0 spiro atoms. The van der Waals surface area contributed by atoms with Crippen molar-refractivity contribution in [2.24, 2.45) is 0 Å². The molecule has 0 saturated carbocycles. The highest BCUT2D eigenvalue weighted by Gasteiger charge is 2.15. The van der Waals surface area contributed by atoms with E-state index in [4.69, 9.17) is 16.3 Å². The first-order valence-corrected chi connectivity index (χ1v) is 7.95. The van der Waals surface area contributed by atoms with Crippen LogP contribution in [0.25, 0.3) is 10.9 Å². The Kier molecular flexibility index (Phi) is 6.71. The Labute approximate surface area is 149 Å². The molecule has 2 aromatic rings. The number of fused-ring (bicyclic) bond motifs is 1. The van der Waals surface area contributed by atoms with Crippen molar-refractivity contribution in [2.75, 3.05) is 20.3 Å². The van der Waals surface area contributed by atoms with Gasteiger partial charge in [-0.1, -0.05) is 29.8 Å². The Morgan fingerprint density at radius 1 is 1.24 bits per heavy atom. The maximum atomic E-state index is 12.2. The second-order valence-electron chi connectivity index (χ2n) is 5.12. The molecule has 1 N–H and O–H groups in total. The summed E-state index contributed by atoms with van der Waals surface area (Å²) in [5.41, 5.74) is 0.809. The number of carbonyl (C=O) groups excluding carboxylic acids is 3. The normalized spacial score (nSPS) is 10.3. The third-order valence-corrected chi connectivity index (χ3v) is 3.54. The van der Waals surface area contributed by atoms with E-state index in [0.717, 1.165) is 0 Å². The smallest absolute Gasteiger partial charge is 0.339 e. The number of halogens is 1. The number of hydrogen-bond donors (Lipinski definition) is 1. The van der Waals surface area contributed by atoms with Gasteiger partial charge in [-0.2, -0.15) is 0 Å². The number of ether oxygens (including phenoxy) is 2. The second-order valence-corrected chi connectivity index (χ2v) is 5.50. The fourth-order valence-electron chi connectivity index (χ4n) is 2.13. The lowest BCUT2D eigenvalue weighted by Gasteiger charge is -2.08. The molecule has 1 aromatic heterocycles. The molecule has 25 heavy (non-hydrogen) atoms. The van der Waals surface area contributed by atoms with Gasteiger partial charge in [0.2, 0.25) is 0 Å². The number of para-hydroxylation sites is 1. The van der Waals surface area contributed by atoms with Gasteiger partial charge in [0.25, 0.3) is 5.91 Å². The zero-order valence-electron chi connectivity index (χ0n) is 13.6. The first-order valence-electron chi connectivity index (χ1n) is 7.57. The summed E-state index contributed by atoms with van der Waals surface area (Å²) in [7, 11) is 1.30. The highest BCUT2D eigenvalue weighted by Crippen LogP contribution is 2.21. The minimum atomic E-state index is -0.662. The SMILES string of the molecule is COC(=O)CCCNC(=O)COC(=O)c1cc(Cl)nc2ccccc12. The Bertz CT molecular complexity index is 794. The molecule has 0 saturated heterocycles. The van der Waals surface area contributed by atoms with Crippen molar-refractivity contribution in [3.05, 3.63) is 41.0 Å². The lowest BCUT2D eigenvalue weighted by atomic mass is 10.1. The number of nitrogens with zero attached hydrogens (tertiary/aromatic N) is 1. The van der Waals surface area contributed by atoms with Gasteiger partial charge in [-0.15, -0.1) is 0 Å². The molecule has 1 amide bonds. The summed E-state index contributed by atoms with van der Waals surface area (Å²) in [5.74, 6) is -1.46. The minimum absolute atomic E-state index is 0.165. The van der Waals surface area contributed by atoms with Gasteiger partial charge < -0.3 is 14.8 Å². The number of methoxy groups -OCH3 is 1. The number of amides is 1. The lowest BCUT2D eigenvalue weighted by Crippen LogP contribution is -2.30. The Morgan fingerprint density at radius 3 is 2.76 bits per heavy atom. The molecule has 1 heterocycles. The van der Waals surface area contributed by atoms with Crippen molar-refractivity contribution < 1.29 is 23.9 Å². The quantitative estimate of drug-likeness (QED) is 0.459. The fourth-order valence-corrected chi connectivity index (χ4v) is 2.33. The van der Waals surface area contributed by atoms with Crippen molar-refractivity contribution in [1.82, 2.24) is 10.3 Å². The Hall–Kier alpha value is -2.67. The monoisotopic (exact) mass is 364 g/mol. The summed E-state index contributed by atoms with van der Waals surface area (Å²) in [5, 5.41) is 3.31. The fraction of sp³-hybridized carbons (Fsp3) is 0.294. The summed E-state index contributed by atoms with van der Waals surface area (Å²) in [6, 6.07) is 8.40. The van der Waals surface area contributed by atoms with Gasteiger partial charge in [0.15, 0.2) is 6.61 Å². The number of aromatic nitrogens is 1. The highest BCUT2D eigenvalue weighted by molar-refractivity contribution is 6.30. The van der Waals surface area contributed by atoms with Gasteiger partial charge >= 0.3 is 11.9 Å². The average molecular weight is 365 g/mol. The number of nitrogens with one attached hydrogen (secondary N) is 1. The van der Waals surface area contributed by atoms with E-state index in [-0.39, 0.29) is 29.7 Å². The first-order chi connectivity index (χ1) is 12.0. The largest absolute Gasteiger partial charge is 0.469 e. The second kappa shape index (κ2) is 8.98. The Morgan fingerprint density at radius 2 is 2.00 bits per heavy atom. The van der Waals surface area contributed by atoms with Crippen LogP contribution in [0, 0.1) is 0 Å². The van der Waals surface area contributed by atoms with Crippen LogP contribution >= 0.6 is 11.6 Å². The van der Waals surface area contributed by atoms with Gasteiger partial charge in [-0.3, -0.25) is 9.59 Å². The first kappa shape index (κ1) is 18.7. The molecule has 7 nitrogen and oxygen atoms in total. The van der Waals surface area contributed by atoms with Crippen LogP contribution in [0.4, 0.5) is 0 Å². The van der Waals surface area contributed by atoms with E-state index in [1.165, 1.54) is 13.2 Å². The van der Waals surface area contributed by atoms with Crippen molar-refractivity contribution in [3.63, 3.8) is 0 Å². The Balaban J connectivity index is 1.88. The number of hydrogen-bond acceptors (Lipinski definition) is 6. The van der Waals surface area contributed by atoms with E-state index in [1.54, 1.807) is 24.3 Å². The average Bonchev–Trinajstić information content (AvgIpc) is 2.62. The van der Waals surface area contributed by atoms with Crippen molar-refractivity contribution in [2.45, 2.75) is 12.8 Å². The third kappa shape index (κ3) is 5.42. The predicted octanol–water partition coefficient (Wildman–Crippen LogP) is 2.11. The molecule has 0 unspecified atom stereocenters. The zero-order valence-corrected chi connectivity index (χ0v) is 14.3. The molecular weight excluding hydrogens is 348 g/mol. The molecule has 0 aliphatic carbocycles. The maximum absolute atomic E-state index is 12.2. The van der Waals surface area contributed by atoms with Crippen molar-refractivity contribution >= 4 is 40.3 Å². The van der Waals surface area contributed by atoms with E-state index in [2.05, 4.69) is 15.0 Å². The van der Waals surface area contributed by atoms with Crippen molar-refractivity contribution in [1.29, 1.82) is 0 Å². The van der Waals surface area contributed by atoms with E-state index >= 15 is 0 Å². The van der Waals surface area contributed by atoms with Crippen LogP contribution in [0.1, 0.15) is 23.2 Å². The highest BCUT2D eigenvalue weighted by atomic mass is 35.5. The molecule has 132 valence electrons. The van der Waals surface area contributed by atoms with Crippen molar-refractivity contribution in [3.8, 4) is 0 Å². The van der Waals surface area contributed by atoms with Crippen LogP contribution in [0.5, 0.6) is 0 Å². The van der Waals surface area contributed by atoms with Crippen LogP contribution in [-0.4, -0.2) is 43.1 Å². The maximum Gasteiger partial charge on any atom is 0.339 e. The third-order valence-electron chi connectivity index (χ3n) is 3.35. The lowest BCUT2D eigenvalue weighted by molar-refractivity contribution is -0.140. The van der Waals surface area contributed by atoms with Crippen LogP contribution < -0.4 is 5.32 Å². The molecular formula is C17H17ClN2O5. The van der Waals surface area contributed by atoms with Crippen LogP contribution in [0.3, 0.4) is 0 Å². The molecule has 0 aliphatic heterocycles. The summed E-state index contributed by atoms with van der Waals surface area (Å²) >= 11 is 5.92. The van der Waals surface area contributed by atoms with Gasteiger partial charge in [0.1, 0.15) is 5.15 Å². The van der Waals surface area contributed by atoms with Gasteiger partial charge in [-0.05, 0) is 18.6 Å². The van der Waals surface area contributed by atoms with Gasteiger partial charge in [0, 0.05) is 18.4 Å². The predicted molar refractivity (Wildman–Crippen MR) is 91.3 cm³/mol. The molecule has 0 radical (unpaired) electrons. The number of rotatable bonds is 7. The summed E-state index contributed by atoms with van der Waals surface area (Å²) < 4.78 is 9.52. The van der Waals surface area contributed by atoms with E-state index < -0.39 is 18.5 Å². The molecule has 8 heteroatoms. The van der Waals surface area contributed by atoms with Crippen LogP contribution in [-0.2, 0) is 19.1 Å². The van der Waals surface area contributed by atoms with Crippen LogP contribution in [0.15, 0.2) is 30.3 Å². The number of pyridine rings is 1. The molecule has 0 fully saturated rings. The topological polar surface area (TPSA) is 94.6 Å². The summed E-state index contributed by atoms with van der Waals surface area (Å²) in [6.45, 7) is -0.138. The van der Waals surface area contributed by atoms with Crippen LogP contribution in [0.2, 0.25) is 5.15 Å². The van der Waals surface area contributed by atoms with E-state index in [1.807, 2.05) is 0 Å². The molecule has 0 atom stereocenters. The molecule has 2 rings (SSSR count). The molecule has 0 aliphatic rings. The molecule has 1 aromatic carbocycles. The summed E-state index contributed by atoms with van der Waals surface area (Å²) in [6.07, 6.45) is 0.648.